The van der Waals surface area contributed by atoms with Gasteiger partial charge in [-0.2, -0.15) is 11.8 Å². The SMILES string of the molecule is CC(Oc1ccc(F)cc1Br)C(=O)Nc1ccccc1CN1CCSCC1. The van der Waals surface area contributed by atoms with Gasteiger partial charge in [-0.1, -0.05) is 18.2 Å². The number of carbonyl (C=O) groups is 1. The van der Waals surface area contributed by atoms with Crippen LogP contribution in [0, 0.1) is 5.82 Å². The molecule has 27 heavy (non-hydrogen) atoms. The molecule has 0 aliphatic carbocycles. The second-order valence-corrected chi connectivity index (χ2v) is 8.45. The van der Waals surface area contributed by atoms with E-state index >= 15 is 0 Å². The normalized spacial score (nSPS) is 16.0. The highest BCUT2D eigenvalue weighted by atomic mass is 79.9. The summed E-state index contributed by atoms with van der Waals surface area (Å²) in [7, 11) is 0. The summed E-state index contributed by atoms with van der Waals surface area (Å²) in [6.45, 7) is 4.61. The monoisotopic (exact) mass is 452 g/mol. The lowest BCUT2D eigenvalue weighted by Gasteiger charge is -2.27. The van der Waals surface area contributed by atoms with Crippen LogP contribution >= 0.6 is 27.7 Å². The van der Waals surface area contributed by atoms with E-state index in [1.165, 1.54) is 18.2 Å². The number of ether oxygens (including phenoxy) is 1. The van der Waals surface area contributed by atoms with Crippen LogP contribution < -0.4 is 10.1 Å². The van der Waals surface area contributed by atoms with Crippen LogP contribution in [-0.2, 0) is 11.3 Å². The molecule has 1 aliphatic rings. The van der Waals surface area contributed by atoms with Crippen LogP contribution in [-0.4, -0.2) is 41.5 Å². The third kappa shape index (κ3) is 5.70. The Kier molecular flexibility index (Phi) is 7.15. The number of benzene rings is 2. The fourth-order valence-electron chi connectivity index (χ4n) is 2.83. The number of para-hydroxylation sites is 1. The summed E-state index contributed by atoms with van der Waals surface area (Å²) in [6.07, 6.45) is -0.716. The highest BCUT2D eigenvalue weighted by Gasteiger charge is 2.19. The summed E-state index contributed by atoms with van der Waals surface area (Å²) in [5, 5.41) is 2.97. The molecule has 1 amide bonds. The van der Waals surface area contributed by atoms with Crippen molar-refractivity contribution in [1.29, 1.82) is 0 Å². The number of hydrogen-bond acceptors (Lipinski definition) is 4. The Labute approximate surface area is 171 Å². The van der Waals surface area contributed by atoms with Gasteiger partial charge in [0.05, 0.1) is 4.47 Å². The molecule has 0 aromatic heterocycles. The molecular weight excluding hydrogens is 431 g/mol. The quantitative estimate of drug-likeness (QED) is 0.698. The van der Waals surface area contributed by atoms with Crippen molar-refractivity contribution in [2.24, 2.45) is 0 Å². The van der Waals surface area contributed by atoms with Crippen LogP contribution in [0.2, 0.25) is 0 Å². The van der Waals surface area contributed by atoms with E-state index in [0.29, 0.717) is 10.2 Å². The molecule has 0 spiro atoms. The van der Waals surface area contributed by atoms with Gasteiger partial charge < -0.3 is 10.1 Å². The largest absolute Gasteiger partial charge is 0.480 e. The van der Waals surface area contributed by atoms with Crippen LogP contribution in [0.3, 0.4) is 0 Å². The van der Waals surface area contributed by atoms with E-state index in [1.54, 1.807) is 6.92 Å². The van der Waals surface area contributed by atoms with Crippen molar-refractivity contribution in [3.8, 4) is 5.75 Å². The minimum Gasteiger partial charge on any atom is -0.480 e. The minimum absolute atomic E-state index is 0.243. The third-order valence-electron chi connectivity index (χ3n) is 4.34. The average molecular weight is 453 g/mol. The number of hydrogen-bond donors (Lipinski definition) is 1. The van der Waals surface area contributed by atoms with Crippen LogP contribution in [0.25, 0.3) is 0 Å². The first-order chi connectivity index (χ1) is 13.0. The Hall–Kier alpha value is -1.57. The summed E-state index contributed by atoms with van der Waals surface area (Å²) in [5.74, 6) is 2.11. The van der Waals surface area contributed by atoms with Crippen LogP contribution in [0.5, 0.6) is 5.75 Å². The maximum atomic E-state index is 13.2. The first-order valence-electron chi connectivity index (χ1n) is 8.83. The molecule has 4 nitrogen and oxygen atoms in total. The van der Waals surface area contributed by atoms with Crippen molar-refractivity contribution >= 4 is 39.3 Å². The maximum absolute atomic E-state index is 13.2. The van der Waals surface area contributed by atoms with Crippen molar-refractivity contribution in [1.82, 2.24) is 4.90 Å². The fraction of sp³-hybridized carbons (Fsp3) is 0.350. The minimum atomic E-state index is -0.716. The lowest BCUT2D eigenvalue weighted by molar-refractivity contribution is -0.122. The molecule has 1 aliphatic heterocycles. The Balaban J connectivity index is 1.64. The molecule has 0 bridgehead atoms. The topological polar surface area (TPSA) is 41.6 Å². The van der Waals surface area contributed by atoms with E-state index in [2.05, 4.69) is 26.1 Å². The summed E-state index contributed by atoms with van der Waals surface area (Å²) >= 11 is 5.23. The molecule has 1 saturated heterocycles. The smallest absolute Gasteiger partial charge is 0.265 e. The molecule has 1 heterocycles. The molecule has 3 rings (SSSR count). The lowest BCUT2D eigenvalue weighted by Crippen LogP contribution is -2.33. The van der Waals surface area contributed by atoms with Gasteiger partial charge in [-0.25, -0.2) is 4.39 Å². The van der Waals surface area contributed by atoms with Gasteiger partial charge in [0.15, 0.2) is 6.10 Å². The average Bonchev–Trinajstić information content (AvgIpc) is 2.66. The molecule has 1 N–H and O–H groups in total. The van der Waals surface area contributed by atoms with E-state index in [-0.39, 0.29) is 11.7 Å². The van der Waals surface area contributed by atoms with Crippen LogP contribution in [0.15, 0.2) is 46.9 Å². The molecule has 1 atom stereocenters. The number of nitrogens with one attached hydrogen (secondary N) is 1. The highest BCUT2D eigenvalue weighted by molar-refractivity contribution is 9.10. The number of thioether (sulfide) groups is 1. The Bertz CT molecular complexity index is 799. The highest BCUT2D eigenvalue weighted by Crippen LogP contribution is 2.27. The third-order valence-corrected chi connectivity index (χ3v) is 5.90. The van der Waals surface area contributed by atoms with Crippen molar-refractivity contribution in [2.45, 2.75) is 19.6 Å². The lowest BCUT2D eigenvalue weighted by atomic mass is 10.1. The van der Waals surface area contributed by atoms with Crippen LogP contribution in [0.1, 0.15) is 12.5 Å². The van der Waals surface area contributed by atoms with Crippen molar-refractivity contribution < 1.29 is 13.9 Å². The molecule has 0 saturated carbocycles. The van der Waals surface area contributed by atoms with Crippen molar-refractivity contribution in [3.63, 3.8) is 0 Å². The molecule has 1 unspecified atom stereocenters. The maximum Gasteiger partial charge on any atom is 0.265 e. The van der Waals surface area contributed by atoms with E-state index in [1.807, 2.05) is 36.0 Å². The summed E-state index contributed by atoms with van der Waals surface area (Å²) in [5.41, 5.74) is 1.89. The predicted molar refractivity (Wildman–Crippen MR) is 112 cm³/mol. The molecule has 144 valence electrons. The van der Waals surface area contributed by atoms with Gasteiger partial charge in [-0.05, 0) is 52.7 Å². The second-order valence-electron chi connectivity index (χ2n) is 6.37. The zero-order chi connectivity index (χ0) is 19.2. The Morgan fingerprint density at radius 1 is 1.30 bits per heavy atom. The van der Waals surface area contributed by atoms with Gasteiger partial charge in [0.25, 0.3) is 5.91 Å². The Morgan fingerprint density at radius 3 is 2.78 bits per heavy atom. The van der Waals surface area contributed by atoms with Gasteiger partial charge in [0.1, 0.15) is 11.6 Å². The molecular formula is C20H22BrFN2O2S. The zero-order valence-electron chi connectivity index (χ0n) is 15.1. The van der Waals surface area contributed by atoms with Crippen LogP contribution in [0.4, 0.5) is 10.1 Å². The van der Waals surface area contributed by atoms with Gasteiger partial charge in [-0.15, -0.1) is 0 Å². The number of amides is 1. The number of halogens is 2. The standard InChI is InChI=1S/C20H22BrFN2O2S/c1-14(26-19-7-6-16(22)12-17(19)21)20(25)23-18-5-3-2-4-15(18)13-24-8-10-27-11-9-24/h2-7,12,14H,8-11,13H2,1H3,(H,23,25). The van der Waals surface area contributed by atoms with E-state index in [4.69, 9.17) is 4.74 Å². The first-order valence-corrected chi connectivity index (χ1v) is 10.8. The predicted octanol–water partition coefficient (Wildman–Crippen LogP) is 4.54. The number of rotatable bonds is 6. The molecule has 2 aromatic rings. The van der Waals surface area contributed by atoms with Gasteiger partial charge in [-0.3, -0.25) is 9.69 Å². The van der Waals surface area contributed by atoms with E-state index in [0.717, 1.165) is 42.4 Å². The molecule has 7 heteroatoms. The van der Waals surface area contributed by atoms with Gasteiger partial charge in [0.2, 0.25) is 0 Å². The Morgan fingerprint density at radius 2 is 2.04 bits per heavy atom. The first kappa shape index (κ1) is 20.2. The molecule has 2 aromatic carbocycles. The van der Waals surface area contributed by atoms with E-state index in [9.17, 15) is 9.18 Å². The van der Waals surface area contributed by atoms with Crippen molar-refractivity contribution in [3.05, 3.63) is 58.3 Å². The zero-order valence-corrected chi connectivity index (χ0v) is 17.5. The number of anilines is 1. The van der Waals surface area contributed by atoms with Gasteiger partial charge >= 0.3 is 0 Å². The second kappa shape index (κ2) is 9.57. The summed E-state index contributed by atoms with van der Waals surface area (Å²) in [4.78, 5) is 15.0. The molecule has 0 radical (unpaired) electrons. The summed E-state index contributed by atoms with van der Waals surface area (Å²) < 4.78 is 19.4. The van der Waals surface area contributed by atoms with E-state index < -0.39 is 6.10 Å². The molecule has 1 fully saturated rings. The number of nitrogens with zero attached hydrogens (tertiary/aromatic N) is 1. The number of carbonyl (C=O) groups excluding carboxylic acids is 1. The van der Waals surface area contributed by atoms with Gasteiger partial charge in [0, 0.05) is 36.8 Å². The fourth-order valence-corrected chi connectivity index (χ4v) is 4.25. The summed E-state index contributed by atoms with van der Waals surface area (Å²) in [6, 6.07) is 12.0. The van der Waals surface area contributed by atoms with Crippen molar-refractivity contribution in [2.75, 3.05) is 29.9 Å².